The maximum absolute atomic E-state index is 4.96. The van der Waals surface area contributed by atoms with Gasteiger partial charge in [-0.2, -0.15) is 0 Å². The van der Waals surface area contributed by atoms with Crippen molar-refractivity contribution in [2.75, 3.05) is 18.0 Å². The molecule has 1 aliphatic heterocycles. The predicted octanol–water partition coefficient (Wildman–Crippen LogP) is 3.58. The van der Waals surface area contributed by atoms with Crippen LogP contribution in [0.15, 0.2) is 0 Å². The molecule has 2 aliphatic rings. The number of aromatic nitrogens is 1. The zero-order valence-electron chi connectivity index (χ0n) is 12.8. The molecule has 3 rings (SSSR count). The van der Waals surface area contributed by atoms with Crippen LogP contribution in [-0.2, 0) is 13.0 Å². The van der Waals surface area contributed by atoms with E-state index in [9.17, 15) is 0 Å². The summed E-state index contributed by atoms with van der Waals surface area (Å²) >= 11 is 1.93. The van der Waals surface area contributed by atoms with Crippen molar-refractivity contribution in [1.29, 1.82) is 0 Å². The van der Waals surface area contributed by atoms with Gasteiger partial charge in [0, 0.05) is 24.0 Å². The molecule has 0 bridgehead atoms. The molecular formula is C16H27N3S. The summed E-state index contributed by atoms with van der Waals surface area (Å²) in [6.45, 7) is 7.64. The van der Waals surface area contributed by atoms with Crippen molar-refractivity contribution in [1.82, 2.24) is 10.3 Å². The third-order valence-corrected chi connectivity index (χ3v) is 6.03. The smallest absolute Gasteiger partial charge is 0.186 e. The molecule has 3 nitrogen and oxygen atoms in total. The molecule has 1 aromatic heterocycles. The first-order valence-electron chi connectivity index (χ1n) is 8.29. The third kappa shape index (κ3) is 2.73. The van der Waals surface area contributed by atoms with Gasteiger partial charge < -0.3 is 10.2 Å². The maximum atomic E-state index is 4.96. The molecule has 2 unspecified atom stereocenters. The number of anilines is 1. The van der Waals surface area contributed by atoms with Crippen LogP contribution in [0.4, 0.5) is 5.13 Å². The summed E-state index contributed by atoms with van der Waals surface area (Å²) in [6.07, 6.45) is 8.12. The van der Waals surface area contributed by atoms with Gasteiger partial charge in [-0.05, 0) is 38.1 Å². The summed E-state index contributed by atoms with van der Waals surface area (Å²) in [4.78, 5) is 9.03. The Hall–Kier alpha value is -0.610. The lowest BCUT2D eigenvalue weighted by Gasteiger charge is -2.31. The van der Waals surface area contributed by atoms with Crippen LogP contribution in [-0.4, -0.2) is 24.1 Å². The van der Waals surface area contributed by atoms with E-state index < -0.39 is 0 Å². The molecule has 1 saturated carbocycles. The number of nitrogens with one attached hydrogen (secondary N) is 1. The molecule has 2 atom stereocenters. The van der Waals surface area contributed by atoms with E-state index in [0.29, 0.717) is 0 Å². The Balaban J connectivity index is 1.77. The summed E-state index contributed by atoms with van der Waals surface area (Å²) in [6, 6.07) is 0.784. The Kier molecular flexibility index (Phi) is 4.61. The number of fused-ring (bicyclic) bond motifs is 1. The first-order chi connectivity index (χ1) is 9.83. The molecule has 0 radical (unpaired) electrons. The molecule has 20 heavy (non-hydrogen) atoms. The van der Waals surface area contributed by atoms with Crippen LogP contribution < -0.4 is 10.2 Å². The highest BCUT2D eigenvalue weighted by atomic mass is 32.1. The molecule has 0 amide bonds. The van der Waals surface area contributed by atoms with Crippen molar-refractivity contribution < 1.29 is 0 Å². The first-order valence-corrected chi connectivity index (χ1v) is 9.11. The van der Waals surface area contributed by atoms with Crippen LogP contribution >= 0.6 is 11.3 Å². The molecular weight excluding hydrogens is 266 g/mol. The van der Waals surface area contributed by atoms with Crippen LogP contribution in [0.5, 0.6) is 0 Å². The number of thiazole rings is 1. The SMILES string of the molecule is CCNCc1sc(N2CCC3CCCCC32)nc1CC. The van der Waals surface area contributed by atoms with Crippen LogP contribution in [0, 0.1) is 5.92 Å². The third-order valence-electron chi connectivity index (χ3n) is 4.89. The van der Waals surface area contributed by atoms with Crippen molar-refractivity contribution in [2.45, 2.75) is 65.0 Å². The lowest BCUT2D eigenvalue weighted by Crippen LogP contribution is -2.34. The van der Waals surface area contributed by atoms with Crippen molar-refractivity contribution >= 4 is 16.5 Å². The first kappa shape index (κ1) is 14.3. The average Bonchev–Trinajstić information content (AvgIpc) is 3.08. The Labute approximate surface area is 126 Å². The molecule has 112 valence electrons. The number of hydrogen-bond acceptors (Lipinski definition) is 4. The normalized spacial score (nSPS) is 26.0. The maximum Gasteiger partial charge on any atom is 0.186 e. The number of nitrogens with zero attached hydrogens (tertiary/aromatic N) is 2. The van der Waals surface area contributed by atoms with Gasteiger partial charge in [0.15, 0.2) is 5.13 Å². The topological polar surface area (TPSA) is 28.2 Å². The molecule has 0 spiro atoms. The second-order valence-electron chi connectivity index (χ2n) is 6.09. The zero-order valence-corrected chi connectivity index (χ0v) is 13.6. The van der Waals surface area contributed by atoms with Crippen molar-refractivity contribution in [3.63, 3.8) is 0 Å². The monoisotopic (exact) mass is 293 g/mol. The summed E-state index contributed by atoms with van der Waals surface area (Å²) in [5, 5.41) is 4.75. The molecule has 1 aromatic rings. The minimum Gasteiger partial charge on any atom is -0.345 e. The van der Waals surface area contributed by atoms with Gasteiger partial charge in [0.1, 0.15) is 0 Å². The van der Waals surface area contributed by atoms with Gasteiger partial charge in [-0.25, -0.2) is 4.98 Å². The van der Waals surface area contributed by atoms with Gasteiger partial charge in [-0.15, -0.1) is 11.3 Å². The van der Waals surface area contributed by atoms with E-state index in [1.54, 1.807) is 0 Å². The van der Waals surface area contributed by atoms with E-state index in [0.717, 1.165) is 31.5 Å². The van der Waals surface area contributed by atoms with Crippen molar-refractivity contribution in [2.24, 2.45) is 5.92 Å². The minimum absolute atomic E-state index is 0.784. The largest absolute Gasteiger partial charge is 0.345 e. The van der Waals surface area contributed by atoms with E-state index >= 15 is 0 Å². The fourth-order valence-corrected chi connectivity index (χ4v) is 4.99. The molecule has 2 heterocycles. The van der Waals surface area contributed by atoms with Crippen molar-refractivity contribution in [3.05, 3.63) is 10.6 Å². The highest BCUT2D eigenvalue weighted by molar-refractivity contribution is 7.15. The Bertz CT molecular complexity index is 443. The standard InChI is InChI=1S/C16H27N3S/c1-3-13-15(11-17-4-2)20-16(18-13)19-10-9-12-7-5-6-8-14(12)19/h12,14,17H,3-11H2,1-2H3. The lowest BCUT2D eigenvalue weighted by molar-refractivity contribution is 0.342. The highest BCUT2D eigenvalue weighted by Gasteiger charge is 2.37. The van der Waals surface area contributed by atoms with E-state index in [4.69, 9.17) is 4.98 Å². The number of hydrogen-bond donors (Lipinski definition) is 1. The fraction of sp³-hybridized carbons (Fsp3) is 0.812. The van der Waals surface area contributed by atoms with E-state index in [1.807, 2.05) is 11.3 Å². The molecule has 4 heteroatoms. The van der Waals surface area contributed by atoms with Crippen LogP contribution in [0.1, 0.15) is 56.5 Å². The second-order valence-corrected chi connectivity index (χ2v) is 7.16. The number of aryl methyl sites for hydroxylation is 1. The van der Waals surface area contributed by atoms with Crippen LogP contribution in [0.25, 0.3) is 0 Å². The Morgan fingerprint density at radius 1 is 1.25 bits per heavy atom. The average molecular weight is 293 g/mol. The predicted molar refractivity (Wildman–Crippen MR) is 86.6 cm³/mol. The molecule has 1 saturated heterocycles. The van der Waals surface area contributed by atoms with Gasteiger partial charge in [0.05, 0.1) is 5.69 Å². The van der Waals surface area contributed by atoms with Crippen LogP contribution in [0.2, 0.25) is 0 Å². The highest BCUT2D eigenvalue weighted by Crippen LogP contribution is 2.40. The van der Waals surface area contributed by atoms with Crippen LogP contribution in [0.3, 0.4) is 0 Å². The summed E-state index contributed by atoms with van der Waals surface area (Å²) in [5.74, 6) is 0.940. The summed E-state index contributed by atoms with van der Waals surface area (Å²) < 4.78 is 0. The van der Waals surface area contributed by atoms with Gasteiger partial charge >= 0.3 is 0 Å². The number of rotatable bonds is 5. The molecule has 1 N–H and O–H groups in total. The second kappa shape index (κ2) is 6.44. The summed E-state index contributed by atoms with van der Waals surface area (Å²) in [7, 11) is 0. The molecule has 0 aromatic carbocycles. The van der Waals surface area contributed by atoms with Gasteiger partial charge in [-0.1, -0.05) is 26.7 Å². The zero-order chi connectivity index (χ0) is 13.9. The van der Waals surface area contributed by atoms with E-state index in [1.165, 1.54) is 54.4 Å². The van der Waals surface area contributed by atoms with Crippen molar-refractivity contribution in [3.8, 4) is 0 Å². The lowest BCUT2D eigenvalue weighted by atomic mass is 9.85. The Morgan fingerprint density at radius 2 is 2.10 bits per heavy atom. The minimum atomic E-state index is 0.784. The Morgan fingerprint density at radius 3 is 2.90 bits per heavy atom. The van der Waals surface area contributed by atoms with Gasteiger partial charge in [-0.3, -0.25) is 0 Å². The van der Waals surface area contributed by atoms with Gasteiger partial charge in [0.2, 0.25) is 0 Å². The van der Waals surface area contributed by atoms with E-state index in [-0.39, 0.29) is 0 Å². The molecule has 1 aliphatic carbocycles. The quantitative estimate of drug-likeness (QED) is 0.899. The fourth-order valence-electron chi connectivity index (χ4n) is 3.79. The summed E-state index contributed by atoms with van der Waals surface area (Å²) in [5.41, 5.74) is 1.31. The molecule has 2 fully saturated rings. The van der Waals surface area contributed by atoms with Gasteiger partial charge in [0.25, 0.3) is 0 Å². The van der Waals surface area contributed by atoms with E-state index in [2.05, 4.69) is 24.1 Å².